The lowest BCUT2D eigenvalue weighted by atomic mass is 10.1. The SMILES string of the molecule is CCC(C)C(=O)CS(C)=O. The van der Waals surface area contributed by atoms with E-state index in [1.54, 1.807) is 6.26 Å². The van der Waals surface area contributed by atoms with Gasteiger partial charge in [-0.2, -0.15) is 0 Å². The first-order valence-corrected chi connectivity index (χ1v) is 5.13. The van der Waals surface area contributed by atoms with Crippen LogP contribution in [0.15, 0.2) is 0 Å². The minimum atomic E-state index is -0.967. The van der Waals surface area contributed by atoms with E-state index in [1.165, 1.54) is 0 Å². The summed E-state index contributed by atoms with van der Waals surface area (Å²) in [4.78, 5) is 11.0. The second kappa shape index (κ2) is 4.61. The van der Waals surface area contributed by atoms with Gasteiger partial charge in [-0.15, -0.1) is 0 Å². The molecule has 0 bridgehead atoms. The van der Waals surface area contributed by atoms with Gasteiger partial charge < -0.3 is 0 Å². The van der Waals surface area contributed by atoms with Gasteiger partial charge in [0, 0.05) is 23.0 Å². The normalized spacial score (nSPS) is 16.3. The van der Waals surface area contributed by atoms with E-state index >= 15 is 0 Å². The van der Waals surface area contributed by atoms with Crippen molar-refractivity contribution >= 4 is 16.6 Å². The van der Waals surface area contributed by atoms with E-state index in [4.69, 9.17) is 0 Å². The summed E-state index contributed by atoms with van der Waals surface area (Å²) in [6.45, 7) is 3.83. The first-order valence-electron chi connectivity index (χ1n) is 3.40. The van der Waals surface area contributed by atoms with E-state index in [0.717, 1.165) is 6.42 Å². The Balaban J connectivity index is 3.73. The van der Waals surface area contributed by atoms with Crippen LogP contribution < -0.4 is 0 Å². The van der Waals surface area contributed by atoms with Crippen molar-refractivity contribution in [2.75, 3.05) is 12.0 Å². The maximum absolute atomic E-state index is 11.0. The number of Topliss-reactive ketones (excluding diaryl/α,β-unsaturated/α-hetero) is 1. The third-order valence-electron chi connectivity index (χ3n) is 1.51. The Morgan fingerprint density at radius 1 is 1.60 bits per heavy atom. The lowest BCUT2D eigenvalue weighted by Crippen LogP contribution is -2.17. The van der Waals surface area contributed by atoms with Gasteiger partial charge in [0.05, 0.1) is 5.75 Å². The summed E-state index contributed by atoms with van der Waals surface area (Å²) in [6, 6.07) is 0. The molecule has 0 saturated carbocycles. The van der Waals surface area contributed by atoms with Crippen LogP contribution >= 0.6 is 0 Å². The Kier molecular flexibility index (Phi) is 4.52. The molecular weight excluding hydrogens is 148 g/mol. The fourth-order valence-electron chi connectivity index (χ4n) is 0.570. The maximum Gasteiger partial charge on any atom is 0.148 e. The van der Waals surface area contributed by atoms with Gasteiger partial charge in [-0.3, -0.25) is 9.00 Å². The van der Waals surface area contributed by atoms with E-state index in [1.807, 2.05) is 13.8 Å². The maximum atomic E-state index is 11.0. The predicted molar refractivity (Wildman–Crippen MR) is 43.4 cm³/mol. The number of hydrogen-bond acceptors (Lipinski definition) is 2. The number of carbonyl (C=O) groups is 1. The molecule has 10 heavy (non-hydrogen) atoms. The number of ketones is 1. The van der Waals surface area contributed by atoms with Crippen LogP contribution in [-0.2, 0) is 15.6 Å². The smallest absolute Gasteiger partial charge is 0.148 e. The quantitative estimate of drug-likeness (QED) is 0.617. The molecule has 0 radical (unpaired) electrons. The molecule has 2 atom stereocenters. The van der Waals surface area contributed by atoms with Gasteiger partial charge in [-0.1, -0.05) is 13.8 Å². The highest BCUT2D eigenvalue weighted by molar-refractivity contribution is 7.85. The van der Waals surface area contributed by atoms with Crippen LogP contribution in [0.25, 0.3) is 0 Å². The summed E-state index contributed by atoms with van der Waals surface area (Å²) >= 11 is 0. The first kappa shape index (κ1) is 9.82. The molecule has 0 aliphatic carbocycles. The van der Waals surface area contributed by atoms with E-state index in [9.17, 15) is 9.00 Å². The highest BCUT2D eigenvalue weighted by Gasteiger charge is 2.11. The van der Waals surface area contributed by atoms with E-state index in [0.29, 0.717) is 0 Å². The molecule has 2 unspecified atom stereocenters. The highest BCUT2D eigenvalue weighted by atomic mass is 32.2. The van der Waals surface area contributed by atoms with Gasteiger partial charge in [-0.25, -0.2) is 0 Å². The summed E-state index contributed by atoms with van der Waals surface area (Å²) in [7, 11) is -0.967. The minimum absolute atomic E-state index is 0.0731. The molecular formula is C7H14O2S. The van der Waals surface area contributed by atoms with Crippen molar-refractivity contribution < 1.29 is 9.00 Å². The van der Waals surface area contributed by atoms with Crippen molar-refractivity contribution in [3.8, 4) is 0 Å². The second-order valence-electron chi connectivity index (χ2n) is 2.49. The van der Waals surface area contributed by atoms with Crippen LogP contribution in [0.1, 0.15) is 20.3 Å². The molecule has 0 aromatic carbocycles. The Morgan fingerprint density at radius 3 is 2.40 bits per heavy atom. The van der Waals surface area contributed by atoms with Crippen molar-refractivity contribution in [2.24, 2.45) is 5.92 Å². The zero-order valence-corrected chi connectivity index (χ0v) is 7.53. The molecule has 0 saturated heterocycles. The van der Waals surface area contributed by atoms with Crippen molar-refractivity contribution in [2.45, 2.75) is 20.3 Å². The Morgan fingerprint density at radius 2 is 2.10 bits per heavy atom. The van der Waals surface area contributed by atoms with Gasteiger partial charge >= 0.3 is 0 Å². The third-order valence-corrected chi connectivity index (χ3v) is 2.20. The summed E-state index contributed by atoms with van der Waals surface area (Å²) < 4.78 is 10.6. The van der Waals surface area contributed by atoms with Crippen LogP contribution in [0.5, 0.6) is 0 Å². The van der Waals surface area contributed by atoms with Crippen LogP contribution in [0, 0.1) is 5.92 Å². The highest BCUT2D eigenvalue weighted by Crippen LogP contribution is 2.02. The molecule has 2 nitrogen and oxygen atoms in total. The molecule has 0 aromatic heterocycles. The van der Waals surface area contributed by atoms with Crippen LogP contribution in [0.4, 0.5) is 0 Å². The first-order chi connectivity index (χ1) is 4.57. The topological polar surface area (TPSA) is 34.1 Å². The number of carbonyl (C=O) groups excluding carboxylic acids is 1. The van der Waals surface area contributed by atoms with E-state index in [-0.39, 0.29) is 17.5 Å². The van der Waals surface area contributed by atoms with Crippen LogP contribution in [0.2, 0.25) is 0 Å². The zero-order chi connectivity index (χ0) is 8.15. The molecule has 3 heteroatoms. The number of rotatable bonds is 4. The van der Waals surface area contributed by atoms with Crippen molar-refractivity contribution in [1.29, 1.82) is 0 Å². The molecule has 0 aliphatic heterocycles. The average Bonchev–Trinajstić information content (AvgIpc) is 1.85. The minimum Gasteiger partial charge on any atom is -0.298 e. The Bertz CT molecular complexity index is 143. The van der Waals surface area contributed by atoms with Gasteiger partial charge in [0.25, 0.3) is 0 Å². The largest absolute Gasteiger partial charge is 0.298 e. The van der Waals surface area contributed by atoms with E-state index in [2.05, 4.69) is 0 Å². The summed E-state index contributed by atoms with van der Waals surface area (Å²) in [5, 5.41) is 0. The molecule has 60 valence electrons. The molecule has 0 rings (SSSR count). The van der Waals surface area contributed by atoms with Gasteiger partial charge in [0.15, 0.2) is 0 Å². The van der Waals surface area contributed by atoms with Crippen LogP contribution in [0.3, 0.4) is 0 Å². The van der Waals surface area contributed by atoms with Gasteiger partial charge in [0.2, 0.25) is 0 Å². The zero-order valence-electron chi connectivity index (χ0n) is 6.72. The standard InChI is InChI=1S/C7H14O2S/c1-4-6(2)7(8)5-10(3)9/h6H,4-5H2,1-3H3. The fourth-order valence-corrected chi connectivity index (χ4v) is 1.26. The molecule has 0 fully saturated rings. The molecule has 0 N–H and O–H groups in total. The molecule has 0 spiro atoms. The molecule has 0 aliphatic rings. The lowest BCUT2D eigenvalue weighted by Gasteiger charge is -2.03. The van der Waals surface area contributed by atoms with Crippen molar-refractivity contribution in [3.63, 3.8) is 0 Å². The number of hydrogen-bond donors (Lipinski definition) is 0. The summed E-state index contributed by atoms with van der Waals surface area (Å²) in [5.41, 5.74) is 0. The summed E-state index contributed by atoms with van der Waals surface area (Å²) in [6.07, 6.45) is 2.40. The molecule has 0 heterocycles. The lowest BCUT2D eigenvalue weighted by molar-refractivity contribution is -0.119. The fraction of sp³-hybridized carbons (Fsp3) is 0.857. The van der Waals surface area contributed by atoms with Gasteiger partial charge in [-0.05, 0) is 6.42 Å². The predicted octanol–water partition coefficient (Wildman–Crippen LogP) is 0.980. The Labute approximate surface area is 64.5 Å². The summed E-state index contributed by atoms with van der Waals surface area (Å²) in [5.74, 6) is 0.405. The van der Waals surface area contributed by atoms with Crippen molar-refractivity contribution in [1.82, 2.24) is 0 Å². The third kappa shape index (κ3) is 3.77. The van der Waals surface area contributed by atoms with Gasteiger partial charge in [0.1, 0.15) is 5.78 Å². The van der Waals surface area contributed by atoms with Crippen LogP contribution in [-0.4, -0.2) is 22.0 Å². The monoisotopic (exact) mass is 162 g/mol. The van der Waals surface area contributed by atoms with Crippen molar-refractivity contribution in [3.05, 3.63) is 0 Å². The second-order valence-corrected chi connectivity index (χ2v) is 3.93. The molecule has 0 aromatic rings. The average molecular weight is 162 g/mol. The Hall–Kier alpha value is -0.180. The van der Waals surface area contributed by atoms with E-state index < -0.39 is 10.8 Å². The molecule has 0 amide bonds.